The predicted octanol–water partition coefficient (Wildman–Crippen LogP) is 0.777. The van der Waals surface area contributed by atoms with E-state index >= 15 is 0 Å². The van der Waals surface area contributed by atoms with Gasteiger partial charge >= 0.3 is 0 Å². The molecule has 112 valence electrons. The lowest BCUT2D eigenvalue weighted by atomic mass is 10.2. The number of nitrogens with zero attached hydrogens (tertiary/aromatic N) is 1. The van der Waals surface area contributed by atoms with Crippen molar-refractivity contribution in [1.82, 2.24) is 26.3 Å². The van der Waals surface area contributed by atoms with E-state index in [-0.39, 0.29) is 6.04 Å². The average Bonchev–Trinajstić information content (AvgIpc) is 2.43. The fourth-order valence-corrected chi connectivity index (χ4v) is 2.69. The summed E-state index contributed by atoms with van der Waals surface area (Å²) in [6, 6.07) is 4.43. The molecule has 1 unspecified atom stereocenters. The molecule has 0 aliphatic carbocycles. The number of halogens is 1. The first-order valence-electron chi connectivity index (χ1n) is 7.27. The van der Waals surface area contributed by atoms with E-state index in [1.54, 1.807) is 0 Å². The predicted molar refractivity (Wildman–Crippen MR) is 85.8 cm³/mol. The summed E-state index contributed by atoms with van der Waals surface area (Å²) in [5.74, 6) is 0. The summed E-state index contributed by atoms with van der Waals surface area (Å²) in [6.07, 6.45) is 0. The Balaban J connectivity index is 2.03. The third-order valence-corrected chi connectivity index (χ3v) is 3.78. The van der Waals surface area contributed by atoms with Crippen LogP contribution in [0.2, 0.25) is 0 Å². The summed E-state index contributed by atoms with van der Waals surface area (Å²) in [5.41, 5.74) is 2.17. The fourth-order valence-electron chi connectivity index (χ4n) is 2.19. The average molecular weight is 342 g/mol. The van der Waals surface area contributed by atoms with Crippen LogP contribution in [0.3, 0.4) is 0 Å². The molecule has 0 aromatic carbocycles. The number of hydrogen-bond donors (Lipinski definition) is 4. The smallest absolute Gasteiger partial charge is 0.0585 e. The van der Waals surface area contributed by atoms with E-state index < -0.39 is 0 Å². The van der Waals surface area contributed by atoms with Crippen molar-refractivity contribution in [2.45, 2.75) is 19.5 Å². The molecule has 1 aliphatic rings. The van der Waals surface area contributed by atoms with E-state index in [9.17, 15) is 0 Å². The SMILES string of the molecule is CC1NCCNCCNCCNCc2cc(Br)cc1n2. The Labute approximate surface area is 129 Å². The molecular weight excluding hydrogens is 318 g/mol. The maximum atomic E-state index is 4.73. The summed E-state index contributed by atoms with van der Waals surface area (Å²) < 4.78 is 1.09. The molecule has 2 heterocycles. The maximum absolute atomic E-state index is 4.73. The summed E-state index contributed by atoms with van der Waals surface area (Å²) in [7, 11) is 0. The first-order valence-corrected chi connectivity index (χ1v) is 8.07. The van der Waals surface area contributed by atoms with Crippen molar-refractivity contribution in [3.05, 3.63) is 28.0 Å². The second kappa shape index (κ2) is 8.69. The molecule has 5 nitrogen and oxygen atoms in total. The topological polar surface area (TPSA) is 61.0 Å². The van der Waals surface area contributed by atoms with Crippen LogP contribution in [0.1, 0.15) is 24.4 Å². The van der Waals surface area contributed by atoms with Crippen molar-refractivity contribution in [2.24, 2.45) is 0 Å². The molecule has 1 aromatic heterocycles. The van der Waals surface area contributed by atoms with Gasteiger partial charge in [-0.05, 0) is 19.1 Å². The molecule has 0 spiro atoms. The minimum atomic E-state index is 0.260. The van der Waals surface area contributed by atoms with Crippen molar-refractivity contribution in [2.75, 3.05) is 39.3 Å². The van der Waals surface area contributed by atoms with E-state index in [1.807, 2.05) is 0 Å². The number of nitrogens with one attached hydrogen (secondary N) is 4. The number of rotatable bonds is 0. The lowest BCUT2D eigenvalue weighted by Gasteiger charge is -2.15. The van der Waals surface area contributed by atoms with Crippen LogP contribution >= 0.6 is 15.9 Å². The highest BCUT2D eigenvalue weighted by Crippen LogP contribution is 2.17. The molecule has 2 rings (SSSR count). The number of hydrogen-bond acceptors (Lipinski definition) is 5. The zero-order valence-corrected chi connectivity index (χ0v) is 13.6. The standard InChI is InChI=1S/C14H24BrN5/c1-11-14-9-12(15)8-13(20-14)10-18-5-4-16-2-3-17-6-7-19-11/h8-9,11,16-19H,2-7,10H2,1H3. The van der Waals surface area contributed by atoms with Gasteiger partial charge in [0.25, 0.3) is 0 Å². The Morgan fingerprint density at radius 2 is 1.65 bits per heavy atom. The van der Waals surface area contributed by atoms with Crippen LogP contribution in [0.25, 0.3) is 0 Å². The minimum Gasteiger partial charge on any atom is -0.314 e. The van der Waals surface area contributed by atoms with Gasteiger partial charge in [-0.3, -0.25) is 4.98 Å². The van der Waals surface area contributed by atoms with Gasteiger partial charge in [0.15, 0.2) is 0 Å². The van der Waals surface area contributed by atoms with Gasteiger partial charge in [-0.2, -0.15) is 0 Å². The minimum absolute atomic E-state index is 0.260. The van der Waals surface area contributed by atoms with Crippen LogP contribution in [0.5, 0.6) is 0 Å². The molecule has 0 saturated carbocycles. The monoisotopic (exact) mass is 341 g/mol. The molecule has 1 atom stereocenters. The van der Waals surface area contributed by atoms with Crippen LogP contribution in [-0.4, -0.2) is 44.3 Å². The third-order valence-electron chi connectivity index (χ3n) is 3.32. The zero-order valence-electron chi connectivity index (χ0n) is 12.0. The molecule has 1 aromatic rings. The van der Waals surface area contributed by atoms with Gasteiger partial charge in [0, 0.05) is 56.3 Å². The van der Waals surface area contributed by atoms with E-state index in [0.29, 0.717) is 0 Å². The Hall–Kier alpha value is -0.530. The van der Waals surface area contributed by atoms with Crippen LogP contribution in [-0.2, 0) is 6.54 Å². The Kier molecular flexibility index (Phi) is 6.89. The van der Waals surface area contributed by atoms with Crippen molar-refractivity contribution in [3.8, 4) is 0 Å². The summed E-state index contributed by atoms with van der Waals surface area (Å²) >= 11 is 3.58. The molecule has 1 aliphatic heterocycles. The molecule has 2 bridgehead atoms. The van der Waals surface area contributed by atoms with Gasteiger partial charge in [-0.15, -0.1) is 0 Å². The van der Waals surface area contributed by atoms with Crippen LogP contribution in [0.4, 0.5) is 0 Å². The van der Waals surface area contributed by atoms with Crippen molar-refractivity contribution < 1.29 is 0 Å². The normalized spacial score (nSPS) is 22.8. The quantitative estimate of drug-likeness (QED) is 0.561. The van der Waals surface area contributed by atoms with Gasteiger partial charge in [0.2, 0.25) is 0 Å². The first-order chi connectivity index (χ1) is 9.75. The molecule has 20 heavy (non-hydrogen) atoms. The molecule has 6 heteroatoms. The lowest BCUT2D eigenvalue weighted by molar-refractivity contribution is 0.530. The second-order valence-electron chi connectivity index (χ2n) is 5.05. The van der Waals surface area contributed by atoms with Crippen LogP contribution in [0.15, 0.2) is 16.6 Å². The highest BCUT2D eigenvalue weighted by Gasteiger charge is 2.09. The molecule has 4 N–H and O–H groups in total. The van der Waals surface area contributed by atoms with E-state index in [2.05, 4.69) is 56.3 Å². The molecule has 0 saturated heterocycles. The van der Waals surface area contributed by atoms with Gasteiger partial charge < -0.3 is 21.3 Å². The van der Waals surface area contributed by atoms with Gasteiger partial charge in [-0.25, -0.2) is 0 Å². The molecule has 0 amide bonds. The van der Waals surface area contributed by atoms with Crippen LogP contribution in [0, 0.1) is 0 Å². The van der Waals surface area contributed by atoms with Crippen molar-refractivity contribution in [1.29, 1.82) is 0 Å². The third kappa shape index (κ3) is 5.46. The number of aromatic nitrogens is 1. The van der Waals surface area contributed by atoms with E-state index in [4.69, 9.17) is 4.98 Å². The van der Waals surface area contributed by atoms with Crippen LogP contribution < -0.4 is 21.3 Å². The fraction of sp³-hybridized carbons (Fsp3) is 0.643. The number of pyridine rings is 1. The molecule has 0 fully saturated rings. The van der Waals surface area contributed by atoms with E-state index in [0.717, 1.165) is 61.7 Å². The maximum Gasteiger partial charge on any atom is 0.0585 e. The summed E-state index contributed by atoms with van der Waals surface area (Å²) in [4.78, 5) is 4.73. The summed E-state index contributed by atoms with van der Waals surface area (Å²) in [6.45, 7) is 8.84. The van der Waals surface area contributed by atoms with Gasteiger partial charge in [-0.1, -0.05) is 15.9 Å². The summed E-state index contributed by atoms with van der Waals surface area (Å²) in [5, 5.41) is 13.7. The van der Waals surface area contributed by atoms with Gasteiger partial charge in [0.1, 0.15) is 0 Å². The molecular formula is C14H24BrN5. The first kappa shape index (κ1) is 15.9. The Bertz CT molecular complexity index is 413. The highest BCUT2D eigenvalue weighted by molar-refractivity contribution is 9.10. The Morgan fingerprint density at radius 1 is 1.00 bits per heavy atom. The van der Waals surface area contributed by atoms with E-state index in [1.165, 1.54) is 0 Å². The second-order valence-corrected chi connectivity index (χ2v) is 5.97. The van der Waals surface area contributed by atoms with Crippen molar-refractivity contribution >= 4 is 15.9 Å². The van der Waals surface area contributed by atoms with Gasteiger partial charge in [0.05, 0.1) is 11.4 Å². The largest absolute Gasteiger partial charge is 0.314 e. The number of fused-ring (bicyclic) bond motifs is 2. The van der Waals surface area contributed by atoms with Crippen molar-refractivity contribution in [3.63, 3.8) is 0 Å². The highest BCUT2D eigenvalue weighted by atomic mass is 79.9. The Morgan fingerprint density at radius 3 is 2.40 bits per heavy atom. The molecule has 0 radical (unpaired) electrons. The zero-order chi connectivity index (χ0) is 14.2. The lowest BCUT2D eigenvalue weighted by Crippen LogP contribution is -2.35.